The summed E-state index contributed by atoms with van der Waals surface area (Å²) in [4.78, 5) is 16.1. The first-order chi connectivity index (χ1) is 9.31. The molecule has 6 heteroatoms. The molecule has 1 aromatic heterocycles. The van der Waals surface area contributed by atoms with Gasteiger partial charge in [-0.2, -0.15) is 0 Å². The average molecular weight is 278 g/mol. The number of nitrogens with one attached hydrogen (secondary N) is 1. The molecule has 2 rings (SSSR count). The number of benzene rings is 1. The molecule has 0 saturated carbocycles. The maximum atomic E-state index is 12.1. The molecule has 0 saturated heterocycles. The zero-order valence-corrected chi connectivity index (χ0v) is 11.3. The molecule has 0 unspecified atom stereocenters. The van der Waals surface area contributed by atoms with Gasteiger partial charge in [0.25, 0.3) is 5.91 Å². The third-order valence-corrected chi connectivity index (χ3v) is 3.02. The summed E-state index contributed by atoms with van der Waals surface area (Å²) in [5.74, 6) is 0.302. The molecular formula is C13H14N2O3S. The summed E-state index contributed by atoms with van der Waals surface area (Å²) in [5.41, 5.74) is 0.480. The second kappa shape index (κ2) is 6.86. The maximum Gasteiger partial charge on any atom is 0.261 e. The van der Waals surface area contributed by atoms with Crippen LogP contribution in [0, 0.1) is 0 Å². The van der Waals surface area contributed by atoms with Crippen molar-refractivity contribution >= 4 is 22.4 Å². The van der Waals surface area contributed by atoms with Crippen molar-refractivity contribution in [3.05, 3.63) is 41.4 Å². The molecule has 100 valence electrons. The van der Waals surface area contributed by atoms with Crippen LogP contribution in [0.25, 0.3) is 0 Å². The predicted octanol–water partition coefficient (Wildman–Crippen LogP) is 2.42. The summed E-state index contributed by atoms with van der Waals surface area (Å²) >= 11 is 1.37. The Morgan fingerprint density at radius 2 is 2.21 bits per heavy atom. The lowest BCUT2D eigenvalue weighted by Gasteiger charge is -2.10. The summed E-state index contributed by atoms with van der Waals surface area (Å²) in [7, 11) is 1.60. The molecule has 0 radical (unpaired) electrons. The number of nitrogens with zero attached hydrogens (tertiary/aromatic N) is 1. The molecular weight excluding hydrogens is 264 g/mol. The smallest absolute Gasteiger partial charge is 0.261 e. The Balaban J connectivity index is 2.07. The van der Waals surface area contributed by atoms with E-state index in [-0.39, 0.29) is 5.91 Å². The molecule has 0 aliphatic heterocycles. The molecule has 1 aromatic carbocycles. The number of carbonyl (C=O) groups excluding carboxylic acids is 1. The number of anilines is 1. The van der Waals surface area contributed by atoms with E-state index in [0.29, 0.717) is 29.7 Å². The molecule has 0 spiro atoms. The van der Waals surface area contributed by atoms with Crippen molar-refractivity contribution in [1.82, 2.24) is 4.98 Å². The van der Waals surface area contributed by atoms with Crippen molar-refractivity contribution in [2.45, 2.75) is 0 Å². The minimum atomic E-state index is -0.233. The number of thiazole rings is 1. The van der Waals surface area contributed by atoms with Gasteiger partial charge in [0.2, 0.25) is 0 Å². The average Bonchev–Trinajstić information content (AvgIpc) is 2.92. The van der Waals surface area contributed by atoms with E-state index in [1.165, 1.54) is 11.3 Å². The van der Waals surface area contributed by atoms with Gasteiger partial charge in [0.1, 0.15) is 12.4 Å². The number of aromatic nitrogens is 1. The van der Waals surface area contributed by atoms with Crippen LogP contribution in [-0.2, 0) is 4.74 Å². The number of amides is 1. The zero-order valence-electron chi connectivity index (χ0n) is 10.5. The Hall–Kier alpha value is -1.92. The van der Waals surface area contributed by atoms with E-state index in [0.717, 1.165) is 0 Å². The quantitative estimate of drug-likeness (QED) is 0.824. The summed E-state index contributed by atoms with van der Waals surface area (Å²) < 4.78 is 10.4. The van der Waals surface area contributed by atoms with Crippen molar-refractivity contribution in [2.75, 3.05) is 25.6 Å². The summed E-state index contributed by atoms with van der Waals surface area (Å²) in [5, 5.41) is 5.09. The van der Waals surface area contributed by atoms with Gasteiger partial charge >= 0.3 is 0 Å². The van der Waals surface area contributed by atoms with E-state index >= 15 is 0 Å². The van der Waals surface area contributed by atoms with Crippen molar-refractivity contribution in [1.29, 1.82) is 0 Å². The highest BCUT2D eigenvalue weighted by Gasteiger charge is 2.13. The lowest BCUT2D eigenvalue weighted by atomic mass is 10.2. The first-order valence-electron chi connectivity index (χ1n) is 5.73. The van der Waals surface area contributed by atoms with Gasteiger partial charge in [-0.15, -0.1) is 11.3 Å². The Morgan fingerprint density at radius 3 is 2.95 bits per heavy atom. The van der Waals surface area contributed by atoms with Crippen LogP contribution in [0.1, 0.15) is 10.4 Å². The number of carbonyl (C=O) groups is 1. The molecule has 0 atom stereocenters. The minimum absolute atomic E-state index is 0.233. The topological polar surface area (TPSA) is 60.5 Å². The molecule has 1 amide bonds. The molecule has 5 nitrogen and oxygen atoms in total. The molecule has 0 aliphatic rings. The van der Waals surface area contributed by atoms with Gasteiger partial charge in [-0.3, -0.25) is 10.1 Å². The highest BCUT2D eigenvalue weighted by molar-refractivity contribution is 7.13. The molecule has 1 heterocycles. The molecule has 0 aliphatic carbocycles. The lowest BCUT2D eigenvalue weighted by Crippen LogP contribution is -2.14. The van der Waals surface area contributed by atoms with E-state index in [1.54, 1.807) is 36.9 Å². The third kappa shape index (κ3) is 3.77. The van der Waals surface area contributed by atoms with Gasteiger partial charge in [-0.05, 0) is 12.1 Å². The number of hydrogen-bond donors (Lipinski definition) is 1. The molecule has 0 fully saturated rings. The number of rotatable bonds is 6. The van der Waals surface area contributed by atoms with E-state index in [9.17, 15) is 4.79 Å². The highest BCUT2D eigenvalue weighted by Crippen LogP contribution is 2.20. The van der Waals surface area contributed by atoms with Crippen LogP contribution in [0.2, 0.25) is 0 Å². The van der Waals surface area contributed by atoms with Gasteiger partial charge in [0.15, 0.2) is 5.13 Å². The Labute approximate surface area is 115 Å². The Morgan fingerprint density at radius 1 is 1.37 bits per heavy atom. The van der Waals surface area contributed by atoms with Gasteiger partial charge in [-0.25, -0.2) is 4.98 Å². The molecule has 0 bridgehead atoms. The Bertz CT molecular complexity index is 528. The van der Waals surface area contributed by atoms with Crippen LogP contribution < -0.4 is 10.1 Å². The van der Waals surface area contributed by atoms with E-state index in [4.69, 9.17) is 9.47 Å². The van der Waals surface area contributed by atoms with Crippen molar-refractivity contribution in [3.63, 3.8) is 0 Å². The minimum Gasteiger partial charge on any atom is -0.490 e. The number of ether oxygens (including phenoxy) is 2. The fourth-order valence-corrected chi connectivity index (χ4v) is 1.99. The number of methoxy groups -OCH3 is 1. The van der Waals surface area contributed by atoms with Gasteiger partial charge in [0.05, 0.1) is 12.2 Å². The van der Waals surface area contributed by atoms with Gasteiger partial charge in [-0.1, -0.05) is 12.1 Å². The van der Waals surface area contributed by atoms with Crippen LogP contribution in [0.3, 0.4) is 0 Å². The second-order valence-electron chi connectivity index (χ2n) is 3.63. The van der Waals surface area contributed by atoms with Crippen molar-refractivity contribution in [2.24, 2.45) is 0 Å². The third-order valence-electron chi connectivity index (χ3n) is 2.33. The standard InChI is InChI=1S/C13H14N2O3S/c1-17-7-8-18-11-5-3-2-4-10(11)12(16)15-13-14-6-9-19-13/h2-6,9H,7-8H2,1H3,(H,14,15,16). The Kier molecular flexibility index (Phi) is 4.88. The van der Waals surface area contributed by atoms with Crippen molar-refractivity contribution < 1.29 is 14.3 Å². The predicted molar refractivity (Wildman–Crippen MR) is 73.9 cm³/mol. The van der Waals surface area contributed by atoms with E-state index < -0.39 is 0 Å². The second-order valence-corrected chi connectivity index (χ2v) is 4.52. The van der Waals surface area contributed by atoms with Gasteiger partial charge < -0.3 is 9.47 Å². The van der Waals surface area contributed by atoms with Crippen LogP contribution >= 0.6 is 11.3 Å². The maximum absolute atomic E-state index is 12.1. The van der Waals surface area contributed by atoms with E-state index in [2.05, 4.69) is 10.3 Å². The van der Waals surface area contributed by atoms with Crippen LogP contribution in [-0.4, -0.2) is 31.2 Å². The SMILES string of the molecule is COCCOc1ccccc1C(=O)Nc1nccs1. The van der Waals surface area contributed by atoms with Crippen LogP contribution in [0.4, 0.5) is 5.13 Å². The molecule has 1 N–H and O–H groups in total. The lowest BCUT2D eigenvalue weighted by molar-refractivity contribution is 0.101. The van der Waals surface area contributed by atoms with Crippen molar-refractivity contribution in [3.8, 4) is 5.75 Å². The first kappa shape index (κ1) is 13.5. The monoisotopic (exact) mass is 278 g/mol. The van der Waals surface area contributed by atoms with Crippen LogP contribution in [0.15, 0.2) is 35.8 Å². The summed E-state index contributed by atoms with van der Waals surface area (Å²) in [6.07, 6.45) is 1.64. The molecule has 2 aromatic rings. The molecule has 19 heavy (non-hydrogen) atoms. The largest absolute Gasteiger partial charge is 0.490 e. The van der Waals surface area contributed by atoms with Gasteiger partial charge in [0, 0.05) is 18.7 Å². The highest BCUT2D eigenvalue weighted by atomic mass is 32.1. The number of hydrogen-bond acceptors (Lipinski definition) is 5. The zero-order chi connectivity index (χ0) is 13.5. The van der Waals surface area contributed by atoms with E-state index in [1.807, 2.05) is 6.07 Å². The fraction of sp³-hybridized carbons (Fsp3) is 0.231. The summed E-state index contributed by atoms with van der Waals surface area (Å²) in [6.45, 7) is 0.875. The fourth-order valence-electron chi connectivity index (χ4n) is 1.46. The number of para-hydroxylation sites is 1. The summed E-state index contributed by atoms with van der Waals surface area (Å²) in [6, 6.07) is 7.08. The van der Waals surface area contributed by atoms with Crippen LogP contribution in [0.5, 0.6) is 5.75 Å². The normalized spacial score (nSPS) is 10.2. The first-order valence-corrected chi connectivity index (χ1v) is 6.61.